The Morgan fingerprint density at radius 1 is 1.17 bits per heavy atom. The minimum atomic E-state index is -4.87. The Morgan fingerprint density at radius 2 is 1.78 bits per heavy atom. The van der Waals surface area contributed by atoms with Crippen molar-refractivity contribution in [1.29, 1.82) is 0 Å². The van der Waals surface area contributed by atoms with E-state index in [9.17, 15) is 30.0 Å². The summed E-state index contributed by atoms with van der Waals surface area (Å²) in [5.41, 5.74) is 0.401. The fraction of sp³-hybridized carbons (Fsp3) is 0.526. The number of halogens is 3. The molecule has 17 heteroatoms. The lowest BCUT2D eigenvalue weighted by molar-refractivity contribution is -0.274. The number of aromatic nitrogens is 3. The number of oxime groups is 1. The van der Waals surface area contributed by atoms with Crippen LogP contribution in [0.1, 0.15) is 32.3 Å². The Bertz CT molecular complexity index is 1300. The number of hydrogen-bond acceptors (Lipinski definition) is 9. The number of nitrogens with zero attached hydrogens (tertiary/aromatic N) is 6. The minimum absolute atomic E-state index is 0.109. The molecular formula is C19H25F3N6O6S2. The lowest BCUT2D eigenvalue weighted by Crippen LogP contribution is -2.38. The molecule has 1 aliphatic rings. The van der Waals surface area contributed by atoms with Gasteiger partial charge in [0.25, 0.3) is 15.2 Å². The molecule has 1 aromatic heterocycles. The van der Waals surface area contributed by atoms with Crippen LogP contribution in [-0.2, 0) is 25.1 Å². The van der Waals surface area contributed by atoms with Gasteiger partial charge in [-0.05, 0) is 51.0 Å². The zero-order chi connectivity index (χ0) is 26.9. The summed E-state index contributed by atoms with van der Waals surface area (Å²) in [5, 5.41) is 6.96. The summed E-state index contributed by atoms with van der Waals surface area (Å²) in [5.74, 6) is -0.459. The van der Waals surface area contributed by atoms with Crippen LogP contribution in [-0.4, -0.2) is 84.5 Å². The van der Waals surface area contributed by atoms with Crippen LogP contribution in [0.4, 0.5) is 13.2 Å². The molecule has 0 radical (unpaired) electrons. The largest absolute Gasteiger partial charge is 0.573 e. The quantitative estimate of drug-likeness (QED) is 0.303. The van der Waals surface area contributed by atoms with Crippen LogP contribution >= 0.6 is 0 Å². The second-order valence-corrected chi connectivity index (χ2v) is 12.0. The normalized spacial score (nSPS) is 15.7. The highest BCUT2D eigenvalue weighted by molar-refractivity contribution is 7.89. The first-order valence-electron chi connectivity index (χ1n) is 10.6. The van der Waals surface area contributed by atoms with Gasteiger partial charge in [-0.15, -0.1) is 22.4 Å². The van der Waals surface area contributed by atoms with Gasteiger partial charge in [-0.1, -0.05) is 5.16 Å². The van der Waals surface area contributed by atoms with Crippen molar-refractivity contribution < 1.29 is 39.6 Å². The molecule has 200 valence electrons. The fourth-order valence-corrected chi connectivity index (χ4v) is 5.06. The van der Waals surface area contributed by atoms with Crippen LogP contribution in [0.3, 0.4) is 0 Å². The van der Waals surface area contributed by atoms with Crippen LogP contribution in [0, 0.1) is 0 Å². The third-order valence-electron chi connectivity index (χ3n) is 4.74. The SMILES string of the molecule is CC(C)O/N=C(\CN(C1CC1)S(=O)(=O)c1ncn(S(=O)(=O)N(C)C)n1)c1ccc(OC(F)(F)F)cc1. The molecule has 1 saturated carbocycles. The Kier molecular flexibility index (Phi) is 7.97. The van der Waals surface area contributed by atoms with Crippen molar-refractivity contribution in [3.8, 4) is 5.75 Å². The average molecular weight is 555 g/mol. The Balaban J connectivity index is 1.94. The summed E-state index contributed by atoms with van der Waals surface area (Å²) in [6.45, 7) is 3.06. The minimum Gasteiger partial charge on any atom is -0.406 e. The average Bonchev–Trinajstić information content (AvgIpc) is 3.45. The maximum absolute atomic E-state index is 13.4. The molecule has 36 heavy (non-hydrogen) atoms. The molecule has 3 rings (SSSR count). The molecule has 0 bridgehead atoms. The Labute approximate surface area is 206 Å². The van der Waals surface area contributed by atoms with Gasteiger partial charge in [0.2, 0.25) is 0 Å². The van der Waals surface area contributed by atoms with Gasteiger partial charge in [0.15, 0.2) is 0 Å². The van der Waals surface area contributed by atoms with E-state index < -0.39 is 43.5 Å². The van der Waals surface area contributed by atoms with Gasteiger partial charge >= 0.3 is 16.6 Å². The Hall–Kier alpha value is -2.76. The van der Waals surface area contributed by atoms with E-state index >= 15 is 0 Å². The van der Waals surface area contributed by atoms with Gasteiger partial charge in [-0.3, -0.25) is 0 Å². The lowest BCUT2D eigenvalue weighted by atomic mass is 10.1. The number of rotatable bonds is 11. The van der Waals surface area contributed by atoms with Gasteiger partial charge in [0.05, 0.1) is 6.54 Å². The van der Waals surface area contributed by atoms with E-state index in [1.165, 1.54) is 26.2 Å². The molecular weight excluding hydrogens is 529 g/mol. The molecule has 0 aliphatic heterocycles. The van der Waals surface area contributed by atoms with Crippen molar-refractivity contribution in [1.82, 2.24) is 22.8 Å². The van der Waals surface area contributed by atoms with Gasteiger partial charge in [0.1, 0.15) is 23.9 Å². The fourth-order valence-electron chi connectivity index (χ4n) is 2.85. The van der Waals surface area contributed by atoms with Crippen molar-refractivity contribution in [3.63, 3.8) is 0 Å². The first-order valence-corrected chi connectivity index (χ1v) is 13.4. The van der Waals surface area contributed by atoms with Crippen molar-refractivity contribution >= 4 is 25.9 Å². The van der Waals surface area contributed by atoms with Gasteiger partial charge in [-0.25, -0.2) is 13.4 Å². The second kappa shape index (κ2) is 10.3. The van der Waals surface area contributed by atoms with E-state index in [4.69, 9.17) is 4.84 Å². The van der Waals surface area contributed by atoms with Crippen molar-refractivity contribution in [3.05, 3.63) is 36.2 Å². The maximum Gasteiger partial charge on any atom is 0.573 e. The zero-order valence-corrected chi connectivity index (χ0v) is 21.4. The molecule has 1 aromatic carbocycles. The summed E-state index contributed by atoms with van der Waals surface area (Å²) < 4.78 is 95.0. The topological polar surface area (TPSA) is 136 Å². The van der Waals surface area contributed by atoms with Crippen LogP contribution in [0.15, 0.2) is 40.9 Å². The van der Waals surface area contributed by atoms with Crippen LogP contribution < -0.4 is 4.74 Å². The van der Waals surface area contributed by atoms with E-state index in [1.54, 1.807) is 13.8 Å². The number of hydrogen-bond donors (Lipinski definition) is 0. The van der Waals surface area contributed by atoms with E-state index in [0.717, 1.165) is 27.1 Å². The third-order valence-corrected chi connectivity index (χ3v) is 8.01. The Morgan fingerprint density at radius 3 is 2.28 bits per heavy atom. The molecule has 0 atom stereocenters. The monoisotopic (exact) mass is 554 g/mol. The number of sulfonamides is 1. The first kappa shape index (κ1) is 27.8. The maximum atomic E-state index is 13.4. The van der Waals surface area contributed by atoms with E-state index in [1.807, 2.05) is 0 Å². The summed E-state index contributed by atoms with van der Waals surface area (Å²) in [6.07, 6.45) is -3.39. The van der Waals surface area contributed by atoms with Crippen molar-refractivity contribution in [2.45, 2.75) is 50.4 Å². The van der Waals surface area contributed by atoms with E-state index in [-0.39, 0.29) is 18.4 Å². The first-order chi connectivity index (χ1) is 16.6. The zero-order valence-electron chi connectivity index (χ0n) is 19.7. The van der Waals surface area contributed by atoms with E-state index in [2.05, 4.69) is 20.0 Å². The molecule has 0 amide bonds. The highest BCUT2D eigenvalue weighted by atomic mass is 32.2. The van der Waals surface area contributed by atoms with Crippen molar-refractivity contribution in [2.24, 2.45) is 5.16 Å². The number of alkyl halides is 3. The van der Waals surface area contributed by atoms with E-state index in [0.29, 0.717) is 22.5 Å². The summed E-state index contributed by atoms with van der Waals surface area (Å²) >= 11 is 0. The predicted octanol–water partition coefficient (Wildman–Crippen LogP) is 1.81. The smallest absolute Gasteiger partial charge is 0.406 e. The van der Waals surface area contributed by atoms with Crippen molar-refractivity contribution in [2.75, 3.05) is 20.6 Å². The summed E-state index contributed by atoms with van der Waals surface area (Å²) in [6, 6.07) is 4.29. The standard InChI is InChI=1S/C19H25F3N6O6S2/c1-13(2)34-25-17(14-5-9-16(10-6-14)33-19(20,21)22)11-27(15-7-8-15)35(29,30)18-23-12-28(24-18)36(31,32)26(3)4/h5-6,9-10,12-13,15H,7-8,11H2,1-4H3/b25-17+. The van der Waals surface area contributed by atoms with Crippen LogP contribution in [0.2, 0.25) is 0 Å². The molecule has 1 heterocycles. The molecule has 1 fully saturated rings. The molecule has 0 saturated heterocycles. The van der Waals surface area contributed by atoms with Crippen LogP contribution in [0.25, 0.3) is 0 Å². The predicted molar refractivity (Wildman–Crippen MR) is 121 cm³/mol. The molecule has 0 N–H and O–H groups in total. The molecule has 1 aliphatic carbocycles. The number of ether oxygens (including phenoxy) is 1. The molecule has 2 aromatic rings. The summed E-state index contributed by atoms with van der Waals surface area (Å²) in [4.78, 5) is 8.99. The molecule has 0 spiro atoms. The third kappa shape index (κ3) is 6.71. The van der Waals surface area contributed by atoms with Gasteiger partial charge in [0, 0.05) is 25.7 Å². The highest BCUT2D eigenvalue weighted by Gasteiger charge is 2.41. The van der Waals surface area contributed by atoms with Gasteiger partial charge < -0.3 is 9.57 Å². The number of benzene rings is 1. The lowest BCUT2D eigenvalue weighted by Gasteiger charge is -2.21. The molecule has 12 nitrogen and oxygen atoms in total. The second-order valence-electron chi connectivity index (χ2n) is 8.24. The van der Waals surface area contributed by atoms with Gasteiger partial charge in [-0.2, -0.15) is 17.0 Å². The summed E-state index contributed by atoms with van der Waals surface area (Å²) in [7, 11) is -5.96. The molecule has 0 unspecified atom stereocenters. The highest BCUT2D eigenvalue weighted by Crippen LogP contribution is 2.32. The van der Waals surface area contributed by atoms with Crippen LogP contribution in [0.5, 0.6) is 5.75 Å².